The van der Waals surface area contributed by atoms with Gasteiger partial charge in [-0.3, -0.25) is 4.79 Å². The van der Waals surface area contributed by atoms with Crippen LogP contribution in [-0.4, -0.2) is 22.3 Å². The van der Waals surface area contributed by atoms with Crippen molar-refractivity contribution in [1.82, 2.24) is 9.88 Å². The Labute approximate surface area is 119 Å². The number of hydrogen-bond donors (Lipinski definition) is 0. The summed E-state index contributed by atoms with van der Waals surface area (Å²) in [6.45, 7) is 1.48. The topological polar surface area (TPSA) is 33.2 Å². The third-order valence-electron chi connectivity index (χ3n) is 4.30. The van der Waals surface area contributed by atoms with Crippen LogP contribution < -0.4 is 0 Å². The second-order valence-electron chi connectivity index (χ2n) is 5.66. The molecule has 0 aromatic carbocycles. The summed E-state index contributed by atoms with van der Waals surface area (Å²) in [7, 11) is 0. The molecule has 0 N–H and O–H groups in total. The maximum absolute atomic E-state index is 12.3. The summed E-state index contributed by atoms with van der Waals surface area (Å²) in [5.41, 5.74) is 2.20. The van der Waals surface area contributed by atoms with Crippen LogP contribution in [0.15, 0.2) is 12.1 Å². The fourth-order valence-corrected chi connectivity index (χ4v) is 3.36. The molecule has 0 bridgehead atoms. The summed E-state index contributed by atoms with van der Waals surface area (Å²) >= 11 is 5.90. The standard InChI is InChI=1S/C15H19ClN2O/c16-14-6-5-12-10-18(8-7-13(12)17-14)15(19)9-11-3-1-2-4-11/h5-6,11H,1-4,7-10H2. The van der Waals surface area contributed by atoms with Gasteiger partial charge in [-0.1, -0.05) is 30.5 Å². The molecule has 2 heterocycles. The Morgan fingerprint density at radius 3 is 2.95 bits per heavy atom. The van der Waals surface area contributed by atoms with Crippen molar-refractivity contribution < 1.29 is 4.79 Å². The van der Waals surface area contributed by atoms with Crippen LogP contribution in [0.5, 0.6) is 0 Å². The van der Waals surface area contributed by atoms with Crippen LogP contribution in [0.2, 0.25) is 5.15 Å². The highest BCUT2D eigenvalue weighted by Gasteiger charge is 2.25. The van der Waals surface area contributed by atoms with Gasteiger partial charge in [0.25, 0.3) is 0 Å². The van der Waals surface area contributed by atoms with Crippen molar-refractivity contribution in [2.45, 2.75) is 45.1 Å². The highest BCUT2D eigenvalue weighted by molar-refractivity contribution is 6.29. The zero-order valence-corrected chi connectivity index (χ0v) is 11.8. The van der Waals surface area contributed by atoms with Crippen LogP contribution in [0.25, 0.3) is 0 Å². The van der Waals surface area contributed by atoms with E-state index in [-0.39, 0.29) is 0 Å². The maximum atomic E-state index is 12.3. The quantitative estimate of drug-likeness (QED) is 0.779. The van der Waals surface area contributed by atoms with Crippen molar-refractivity contribution >= 4 is 17.5 Å². The van der Waals surface area contributed by atoms with E-state index in [1.807, 2.05) is 17.0 Å². The van der Waals surface area contributed by atoms with E-state index in [0.717, 1.165) is 30.6 Å². The lowest BCUT2D eigenvalue weighted by molar-refractivity contribution is -0.133. The van der Waals surface area contributed by atoms with Crippen molar-refractivity contribution in [3.05, 3.63) is 28.5 Å². The zero-order chi connectivity index (χ0) is 13.2. The summed E-state index contributed by atoms with van der Waals surface area (Å²) < 4.78 is 0. The lowest BCUT2D eigenvalue weighted by Gasteiger charge is -2.29. The second-order valence-corrected chi connectivity index (χ2v) is 6.05. The summed E-state index contributed by atoms with van der Waals surface area (Å²) in [6.07, 6.45) is 6.61. The van der Waals surface area contributed by atoms with Crippen molar-refractivity contribution in [2.24, 2.45) is 5.92 Å². The minimum Gasteiger partial charge on any atom is -0.338 e. The molecule has 102 valence electrons. The minimum atomic E-state index is 0.313. The largest absolute Gasteiger partial charge is 0.338 e. The van der Waals surface area contributed by atoms with Gasteiger partial charge in [-0.05, 0) is 30.4 Å². The van der Waals surface area contributed by atoms with Gasteiger partial charge in [0.15, 0.2) is 0 Å². The molecule has 1 aromatic rings. The van der Waals surface area contributed by atoms with E-state index < -0.39 is 0 Å². The lowest BCUT2D eigenvalue weighted by Crippen LogP contribution is -2.37. The first-order valence-corrected chi connectivity index (χ1v) is 7.52. The van der Waals surface area contributed by atoms with E-state index in [1.165, 1.54) is 25.7 Å². The van der Waals surface area contributed by atoms with Crippen molar-refractivity contribution in [3.63, 3.8) is 0 Å². The first kappa shape index (κ1) is 12.9. The Hall–Kier alpha value is -1.09. The van der Waals surface area contributed by atoms with E-state index in [1.54, 1.807) is 0 Å². The number of carbonyl (C=O) groups is 1. The molecule has 2 aliphatic rings. The molecule has 0 atom stereocenters. The number of rotatable bonds is 2. The molecule has 0 unspecified atom stereocenters. The van der Waals surface area contributed by atoms with Gasteiger partial charge in [-0.2, -0.15) is 0 Å². The molecule has 19 heavy (non-hydrogen) atoms. The summed E-state index contributed by atoms with van der Waals surface area (Å²) in [5.74, 6) is 0.935. The number of carbonyl (C=O) groups excluding carboxylic acids is 1. The first-order valence-electron chi connectivity index (χ1n) is 7.14. The smallest absolute Gasteiger partial charge is 0.223 e. The monoisotopic (exact) mass is 278 g/mol. The summed E-state index contributed by atoms with van der Waals surface area (Å²) in [4.78, 5) is 18.6. The SMILES string of the molecule is O=C(CC1CCCC1)N1CCc2nc(Cl)ccc2C1. The Bertz CT molecular complexity index is 483. The van der Waals surface area contributed by atoms with Gasteiger partial charge in [0.05, 0.1) is 0 Å². The first-order chi connectivity index (χ1) is 9.22. The fourth-order valence-electron chi connectivity index (χ4n) is 3.19. The van der Waals surface area contributed by atoms with E-state index >= 15 is 0 Å². The van der Waals surface area contributed by atoms with Gasteiger partial charge in [0.1, 0.15) is 5.15 Å². The zero-order valence-electron chi connectivity index (χ0n) is 11.1. The molecule has 0 radical (unpaired) electrons. The van der Waals surface area contributed by atoms with Gasteiger partial charge in [-0.15, -0.1) is 0 Å². The predicted molar refractivity (Wildman–Crippen MR) is 74.9 cm³/mol. The Kier molecular flexibility index (Phi) is 3.74. The lowest BCUT2D eigenvalue weighted by atomic mass is 10.0. The van der Waals surface area contributed by atoms with Gasteiger partial charge in [0, 0.05) is 31.6 Å². The number of fused-ring (bicyclic) bond motifs is 1. The molecular weight excluding hydrogens is 260 g/mol. The second kappa shape index (κ2) is 5.49. The Morgan fingerprint density at radius 2 is 2.16 bits per heavy atom. The molecule has 1 aliphatic heterocycles. The highest BCUT2D eigenvalue weighted by Crippen LogP contribution is 2.29. The molecule has 4 heteroatoms. The van der Waals surface area contributed by atoms with E-state index in [0.29, 0.717) is 23.5 Å². The van der Waals surface area contributed by atoms with Crippen molar-refractivity contribution in [2.75, 3.05) is 6.54 Å². The van der Waals surface area contributed by atoms with Gasteiger partial charge < -0.3 is 4.90 Å². The van der Waals surface area contributed by atoms with Crippen LogP contribution in [0.4, 0.5) is 0 Å². The van der Waals surface area contributed by atoms with E-state index in [9.17, 15) is 4.79 Å². The third-order valence-corrected chi connectivity index (χ3v) is 4.52. The van der Waals surface area contributed by atoms with Crippen molar-refractivity contribution in [3.8, 4) is 0 Å². The van der Waals surface area contributed by atoms with Crippen LogP contribution >= 0.6 is 11.6 Å². The van der Waals surface area contributed by atoms with Gasteiger partial charge in [-0.25, -0.2) is 4.98 Å². The molecule has 1 saturated carbocycles. The molecule has 1 fully saturated rings. The minimum absolute atomic E-state index is 0.313. The molecule has 1 aromatic heterocycles. The highest BCUT2D eigenvalue weighted by atomic mass is 35.5. The average Bonchev–Trinajstić information content (AvgIpc) is 2.91. The number of amides is 1. The predicted octanol–water partition coefficient (Wildman–Crippen LogP) is 3.20. The number of nitrogens with zero attached hydrogens (tertiary/aromatic N) is 2. The Morgan fingerprint density at radius 1 is 1.37 bits per heavy atom. The molecule has 3 rings (SSSR count). The van der Waals surface area contributed by atoms with Gasteiger partial charge >= 0.3 is 0 Å². The van der Waals surface area contributed by atoms with Gasteiger partial charge in [0.2, 0.25) is 5.91 Å². The number of hydrogen-bond acceptors (Lipinski definition) is 2. The van der Waals surface area contributed by atoms with Crippen LogP contribution in [0.1, 0.15) is 43.4 Å². The number of halogens is 1. The van der Waals surface area contributed by atoms with E-state index in [4.69, 9.17) is 11.6 Å². The molecule has 1 amide bonds. The van der Waals surface area contributed by atoms with Crippen LogP contribution in [0, 0.1) is 5.92 Å². The summed E-state index contributed by atoms with van der Waals surface area (Å²) in [5, 5.41) is 0.546. The summed E-state index contributed by atoms with van der Waals surface area (Å²) in [6, 6.07) is 3.81. The fraction of sp³-hybridized carbons (Fsp3) is 0.600. The molecule has 1 aliphatic carbocycles. The van der Waals surface area contributed by atoms with E-state index in [2.05, 4.69) is 4.98 Å². The third kappa shape index (κ3) is 2.92. The van der Waals surface area contributed by atoms with Crippen LogP contribution in [-0.2, 0) is 17.8 Å². The number of pyridine rings is 1. The average molecular weight is 279 g/mol. The van der Waals surface area contributed by atoms with Crippen LogP contribution in [0.3, 0.4) is 0 Å². The normalized spacial score (nSPS) is 19.5. The molecular formula is C15H19ClN2O. The molecule has 3 nitrogen and oxygen atoms in total. The number of aromatic nitrogens is 1. The maximum Gasteiger partial charge on any atom is 0.223 e. The molecule has 0 saturated heterocycles. The van der Waals surface area contributed by atoms with Crippen molar-refractivity contribution in [1.29, 1.82) is 0 Å². The Balaban J connectivity index is 1.64. The molecule has 0 spiro atoms.